The molecule has 3 aromatic carbocycles. The fraction of sp³-hybridized carbons (Fsp3) is 0.222. The van der Waals surface area contributed by atoms with Crippen molar-refractivity contribution in [1.29, 1.82) is 0 Å². The number of methoxy groups -OCH3 is 1. The first kappa shape index (κ1) is 22.4. The van der Waals surface area contributed by atoms with Crippen LogP contribution in [0.25, 0.3) is 10.9 Å². The molecule has 0 aliphatic heterocycles. The van der Waals surface area contributed by atoms with E-state index in [-0.39, 0.29) is 0 Å². The van der Waals surface area contributed by atoms with Crippen LogP contribution in [0.1, 0.15) is 22.3 Å². The average Bonchev–Trinajstić information content (AvgIpc) is 3.24. The SMILES string of the molecule is COc1cccc(CNC(Cc2c[nH]c3ccccc23)C(=O)O)c1OCc1ccccc1C. The fourth-order valence-electron chi connectivity index (χ4n) is 3.95. The summed E-state index contributed by atoms with van der Waals surface area (Å²) in [6, 6.07) is 20.9. The first-order valence-electron chi connectivity index (χ1n) is 10.9. The maximum atomic E-state index is 12.0. The number of rotatable bonds is 10. The van der Waals surface area contributed by atoms with Crippen molar-refractivity contribution in [3.05, 3.63) is 95.2 Å². The number of nitrogens with one attached hydrogen (secondary N) is 2. The van der Waals surface area contributed by atoms with Crippen molar-refractivity contribution in [1.82, 2.24) is 10.3 Å². The van der Waals surface area contributed by atoms with Crippen molar-refractivity contribution in [2.45, 2.75) is 32.5 Å². The molecule has 1 atom stereocenters. The Morgan fingerprint density at radius 1 is 1.00 bits per heavy atom. The van der Waals surface area contributed by atoms with Gasteiger partial charge in [-0.25, -0.2) is 0 Å². The van der Waals surface area contributed by atoms with Gasteiger partial charge in [-0.2, -0.15) is 0 Å². The monoisotopic (exact) mass is 444 g/mol. The number of hydrogen-bond acceptors (Lipinski definition) is 4. The summed E-state index contributed by atoms with van der Waals surface area (Å²) in [6.07, 6.45) is 2.24. The van der Waals surface area contributed by atoms with E-state index >= 15 is 0 Å². The van der Waals surface area contributed by atoms with Crippen molar-refractivity contribution in [3.8, 4) is 11.5 Å². The molecular formula is C27H28N2O4. The number of H-pyrrole nitrogens is 1. The highest BCUT2D eigenvalue weighted by atomic mass is 16.5. The van der Waals surface area contributed by atoms with Gasteiger partial charge in [0.2, 0.25) is 0 Å². The van der Waals surface area contributed by atoms with E-state index in [0.29, 0.717) is 31.1 Å². The quantitative estimate of drug-likeness (QED) is 0.326. The predicted octanol–water partition coefficient (Wildman–Crippen LogP) is 4.85. The highest BCUT2D eigenvalue weighted by Crippen LogP contribution is 2.32. The second-order valence-corrected chi connectivity index (χ2v) is 8.00. The summed E-state index contributed by atoms with van der Waals surface area (Å²) in [6.45, 7) is 2.78. The highest BCUT2D eigenvalue weighted by molar-refractivity contribution is 5.84. The molecule has 170 valence electrons. The van der Waals surface area contributed by atoms with Crippen molar-refractivity contribution in [2.24, 2.45) is 0 Å². The third kappa shape index (κ3) is 5.18. The number of para-hydroxylation sites is 2. The van der Waals surface area contributed by atoms with Gasteiger partial charge >= 0.3 is 5.97 Å². The molecule has 4 aromatic rings. The lowest BCUT2D eigenvalue weighted by Gasteiger charge is -2.18. The Morgan fingerprint density at radius 2 is 1.76 bits per heavy atom. The smallest absolute Gasteiger partial charge is 0.321 e. The molecule has 0 bridgehead atoms. The average molecular weight is 445 g/mol. The van der Waals surface area contributed by atoms with Gasteiger partial charge in [-0.1, -0.05) is 54.6 Å². The number of aliphatic carboxylic acids is 1. The van der Waals surface area contributed by atoms with Gasteiger partial charge in [-0.15, -0.1) is 0 Å². The minimum Gasteiger partial charge on any atom is -0.493 e. The molecule has 0 spiro atoms. The molecule has 4 rings (SSSR count). The van der Waals surface area contributed by atoms with Gasteiger partial charge in [-0.3, -0.25) is 10.1 Å². The van der Waals surface area contributed by atoms with Gasteiger partial charge in [0.05, 0.1) is 7.11 Å². The van der Waals surface area contributed by atoms with Gasteiger partial charge in [0, 0.05) is 35.6 Å². The van der Waals surface area contributed by atoms with Crippen LogP contribution in [0.15, 0.2) is 72.9 Å². The number of ether oxygens (including phenoxy) is 2. The number of hydrogen-bond donors (Lipinski definition) is 3. The predicted molar refractivity (Wildman–Crippen MR) is 129 cm³/mol. The number of carbonyl (C=O) groups is 1. The zero-order valence-corrected chi connectivity index (χ0v) is 18.8. The van der Waals surface area contributed by atoms with Crippen molar-refractivity contribution in [3.63, 3.8) is 0 Å². The molecule has 0 aliphatic rings. The number of aromatic amines is 1. The van der Waals surface area contributed by atoms with E-state index in [9.17, 15) is 9.90 Å². The van der Waals surface area contributed by atoms with Crippen LogP contribution < -0.4 is 14.8 Å². The second-order valence-electron chi connectivity index (χ2n) is 8.00. The number of aryl methyl sites for hydroxylation is 1. The van der Waals surface area contributed by atoms with Crippen LogP contribution in [-0.4, -0.2) is 29.2 Å². The summed E-state index contributed by atoms with van der Waals surface area (Å²) in [5, 5.41) is 14.1. The lowest BCUT2D eigenvalue weighted by molar-refractivity contribution is -0.139. The number of aromatic nitrogens is 1. The number of fused-ring (bicyclic) bond motifs is 1. The van der Waals surface area contributed by atoms with Crippen molar-refractivity contribution >= 4 is 16.9 Å². The van der Waals surface area contributed by atoms with Gasteiger partial charge in [0.15, 0.2) is 11.5 Å². The van der Waals surface area contributed by atoms with E-state index in [1.807, 2.05) is 79.9 Å². The summed E-state index contributed by atoms with van der Waals surface area (Å²) in [7, 11) is 1.60. The Hall–Kier alpha value is -3.77. The lowest BCUT2D eigenvalue weighted by atomic mass is 10.0. The zero-order valence-electron chi connectivity index (χ0n) is 18.8. The molecule has 1 heterocycles. The Morgan fingerprint density at radius 3 is 2.55 bits per heavy atom. The molecule has 0 saturated carbocycles. The fourth-order valence-corrected chi connectivity index (χ4v) is 3.95. The van der Waals surface area contributed by atoms with Crippen LogP contribution in [0.4, 0.5) is 0 Å². The first-order valence-corrected chi connectivity index (χ1v) is 10.9. The maximum Gasteiger partial charge on any atom is 0.321 e. The molecule has 1 aromatic heterocycles. The molecule has 0 aliphatic carbocycles. The maximum absolute atomic E-state index is 12.0. The molecule has 0 amide bonds. The molecule has 6 nitrogen and oxygen atoms in total. The van der Waals surface area contributed by atoms with Gasteiger partial charge in [0.1, 0.15) is 12.6 Å². The van der Waals surface area contributed by atoms with E-state index in [1.54, 1.807) is 7.11 Å². The Labute approximate surface area is 193 Å². The molecule has 33 heavy (non-hydrogen) atoms. The lowest BCUT2D eigenvalue weighted by Crippen LogP contribution is -2.38. The molecule has 1 unspecified atom stereocenters. The third-order valence-corrected chi connectivity index (χ3v) is 5.85. The van der Waals surface area contributed by atoms with E-state index in [2.05, 4.69) is 10.3 Å². The molecule has 0 fully saturated rings. The Bertz CT molecular complexity index is 1250. The van der Waals surface area contributed by atoms with Crippen LogP contribution in [0.5, 0.6) is 11.5 Å². The van der Waals surface area contributed by atoms with Gasteiger partial charge < -0.3 is 19.6 Å². The molecule has 3 N–H and O–H groups in total. The molecule has 0 radical (unpaired) electrons. The number of benzene rings is 3. The van der Waals surface area contributed by atoms with Crippen molar-refractivity contribution in [2.75, 3.05) is 7.11 Å². The Balaban J connectivity index is 1.51. The van der Waals surface area contributed by atoms with Crippen LogP contribution in [-0.2, 0) is 24.4 Å². The summed E-state index contributed by atoms with van der Waals surface area (Å²) in [5.41, 5.74) is 5.04. The highest BCUT2D eigenvalue weighted by Gasteiger charge is 2.21. The van der Waals surface area contributed by atoms with Crippen LogP contribution in [0.3, 0.4) is 0 Å². The van der Waals surface area contributed by atoms with Crippen LogP contribution in [0.2, 0.25) is 0 Å². The molecule has 0 saturated heterocycles. The van der Waals surface area contributed by atoms with Crippen LogP contribution >= 0.6 is 0 Å². The topological polar surface area (TPSA) is 83.6 Å². The van der Waals surface area contributed by atoms with E-state index in [0.717, 1.165) is 33.2 Å². The van der Waals surface area contributed by atoms with E-state index in [4.69, 9.17) is 9.47 Å². The summed E-state index contributed by atoms with van der Waals surface area (Å²) in [5.74, 6) is 0.337. The minimum absolute atomic E-state index is 0.333. The largest absolute Gasteiger partial charge is 0.493 e. The summed E-state index contributed by atoms with van der Waals surface area (Å²) < 4.78 is 11.7. The van der Waals surface area contributed by atoms with E-state index < -0.39 is 12.0 Å². The summed E-state index contributed by atoms with van der Waals surface area (Å²) in [4.78, 5) is 15.2. The number of carboxylic acids is 1. The van der Waals surface area contributed by atoms with Gasteiger partial charge in [-0.05, 0) is 35.7 Å². The van der Waals surface area contributed by atoms with Crippen molar-refractivity contribution < 1.29 is 19.4 Å². The standard InChI is InChI=1S/C27H28N2O4/c1-18-8-3-4-9-20(18)17-33-26-19(10-7-13-25(26)32-2)15-29-24(27(30)31)14-21-16-28-23-12-6-5-11-22(21)23/h3-13,16,24,28-29H,14-15,17H2,1-2H3,(H,30,31). The number of carboxylic acid groups (broad SMARTS) is 1. The normalized spacial score (nSPS) is 11.9. The zero-order chi connectivity index (χ0) is 23.2. The van der Waals surface area contributed by atoms with E-state index in [1.165, 1.54) is 0 Å². The third-order valence-electron chi connectivity index (χ3n) is 5.85. The first-order chi connectivity index (χ1) is 16.1. The van der Waals surface area contributed by atoms with Gasteiger partial charge in [0.25, 0.3) is 0 Å². The molecule has 6 heteroatoms. The second kappa shape index (κ2) is 10.2. The summed E-state index contributed by atoms with van der Waals surface area (Å²) >= 11 is 0. The minimum atomic E-state index is -0.898. The Kier molecular flexibility index (Phi) is 6.95. The van der Waals surface area contributed by atoms with Crippen LogP contribution in [0, 0.1) is 6.92 Å². The molecular weight excluding hydrogens is 416 g/mol.